The molecule has 0 saturated carbocycles. The molecule has 0 unspecified atom stereocenters. The largest absolute Gasteiger partial charge is 0.493 e. The lowest BCUT2D eigenvalue weighted by molar-refractivity contribution is 0.102. The third kappa shape index (κ3) is 2.12. The highest BCUT2D eigenvalue weighted by Gasteiger charge is 2.18. The molecule has 2 heterocycles. The molecule has 5 heteroatoms. The molecule has 0 amide bonds. The van der Waals surface area contributed by atoms with Crippen LogP contribution >= 0.6 is 0 Å². The van der Waals surface area contributed by atoms with E-state index in [2.05, 4.69) is 10.3 Å². The summed E-state index contributed by atoms with van der Waals surface area (Å²) in [7, 11) is 0. The number of aryl methyl sites for hydroxylation is 1. The van der Waals surface area contributed by atoms with Crippen molar-refractivity contribution in [3.63, 3.8) is 0 Å². The Morgan fingerprint density at radius 3 is 3.21 bits per heavy atom. The molecule has 0 aliphatic carbocycles. The lowest BCUT2D eigenvalue weighted by Crippen LogP contribution is -2.11. The summed E-state index contributed by atoms with van der Waals surface area (Å²) in [5.74, 6) is 0.852. The maximum Gasteiger partial charge on any atom is 0.212 e. The van der Waals surface area contributed by atoms with Crippen molar-refractivity contribution in [2.45, 2.75) is 26.3 Å². The number of benzene rings is 1. The maximum absolute atomic E-state index is 12.5. The highest BCUT2D eigenvalue weighted by atomic mass is 16.5. The van der Waals surface area contributed by atoms with E-state index in [1.807, 2.05) is 19.1 Å². The quantitative estimate of drug-likeness (QED) is 0.784. The number of ketones is 1. The summed E-state index contributed by atoms with van der Waals surface area (Å²) in [5, 5.41) is 7.77. The van der Waals surface area contributed by atoms with Crippen molar-refractivity contribution in [3.8, 4) is 5.75 Å². The van der Waals surface area contributed by atoms with Crippen LogP contribution in [-0.4, -0.2) is 27.4 Å². The molecule has 1 aromatic heterocycles. The fraction of sp³-hybridized carbons (Fsp3) is 0.357. The summed E-state index contributed by atoms with van der Waals surface area (Å²) in [6, 6.07) is 5.58. The van der Waals surface area contributed by atoms with Crippen LogP contribution in [0.4, 0.5) is 0 Å². The number of carbonyl (C=O) groups is 1. The normalized spacial score (nSPS) is 13.1. The first-order valence-corrected chi connectivity index (χ1v) is 6.48. The van der Waals surface area contributed by atoms with Crippen LogP contribution in [0.3, 0.4) is 0 Å². The second-order valence-corrected chi connectivity index (χ2v) is 4.59. The molecule has 5 nitrogen and oxygen atoms in total. The van der Waals surface area contributed by atoms with E-state index >= 15 is 0 Å². The van der Waals surface area contributed by atoms with Crippen LogP contribution in [0.2, 0.25) is 0 Å². The topological polar surface area (TPSA) is 57.0 Å². The lowest BCUT2D eigenvalue weighted by atomic mass is 10.0. The average Bonchev–Trinajstić information content (AvgIpc) is 3.05. The molecule has 0 N–H and O–H groups in total. The highest BCUT2D eigenvalue weighted by molar-refractivity contribution is 6.07. The number of nitrogens with zero attached hydrogens (tertiary/aromatic N) is 3. The number of ether oxygens (including phenoxy) is 1. The molecule has 0 bridgehead atoms. The molecule has 3 rings (SSSR count). The number of carbonyl (C=O) groups excluding carboxylic acids is 1. The van der Waals surface area contributed by atoms with Gasteiger partial charge in [-0.25, -0.2) is 4.68 Å². The Morgan fingerprint density at radius 1 is 1.47 bits per heavy atom. The van der Waals surface area contributed by atoms with E-state index in [1.165, 1.54) is 6.20 Å². The highest BCUT2D eigenvalue weighted by Crippen LogP contribution is 2.26. The van der Waals surface area contributed by atoms with Gasteiger partial charge in [0.25, 0.3) is 0 Å². The van der Waals surface area contributed by atoms with Crippen molar-refractivity contribution in [3.05, 3.63) is 41.2 Å². The van der Waals surface area contributed by atoms with Crippen LogP contribution < -0.4 is 4.74 Å². The van der Waals surface area contributed by atoms with E-state index in [1.54, 1.807) is 10.7 Å². The SMILES string of the molecule is CCCn1nncc1C(=O)c1ccc2c(c1)CCO2. The first kappa shape index (κ1) is 11.9. The zero-order chi connectivity index (χ0) is 13.2. The Labute approximate surface area is 111 Å². The molecule has 19 heavy (non-hydrogen) atoms. The molecule has 0 fully saturated rings. The Kier molecular flexibility index (Phi) is 3.03. The summed E-state index contributed by atoms with van der Waals surface area (Å²) in [5.41, 5.74) is 2.31. The van der Waals surface area contributed by atoms with Gasteiger partial charge < -0.3 is 4.74 Å². The lowest BCUT2D eigenvalue weighted by Gasteiger charge is -2.05. The van der Waals surface area contributed by atoms with Crippen LogP contribution in [0.25, 0.3) is 0 Å². The number of rotatable bonds is 4. The van der Waals surface area contributed by atoms with Gasteiger partial charge in [0.2, 0.25) is 5.78 Å². The number of hydrogen-bond donors (Lipinski definition) is 0. The van der Waals surface area contributed by atoms with Gasteiger partial charge in [0.15, 0.2) is 0 Å². The van der Waals surface area contributed by atoms with Gasteiger partial charge in [-0.2, -0.15) is 0 Å². The predicted molar refractivity (Wildman–Crippen MR) is 69.4 cm³/mol. The Bertz CT molecular complexity index is 619. The molecule has 0 spiro atoms. The van der Waals surface area contributed by atoms with Gasteiger partial charge in [-0.05, 0) is 30.2 Å². The van der Waals surface area contributed by atoms with Crippen molar-refractivity contribution in [2.24, 2.45) is 0 Å². The van der Waals surface area contributed by atoms with Gasteiger partial charge in [0.1, 0.15) is 11.4 Å². The van der Waals surface area contributed by atoms with Gasteiger partial charge in [-0.1, -0.05) is 12.1 Å². The van der Waals surface area contributed by atoms with Gasteiger partial charge in [0, 0.05) is 18.5 Å². The van der Waals surface area contributed by atoms with Gasteiger partial charge in [-0.3, -0.25) is 4.79 Å². The van der Waals surface area contributed by atoms with E-state index in [9.17, 15) is 4.79 Å². The predicted octanol–water partition coefficient (Wildman–Crippen LogP) is 1.85. The third-order valence-electron chi connectivity index (χ3n) is 3.24. The van der Waals surface area contributed by atoms with Gasteiger partial charge in [0.05, 0.1) is 12.8 Å². The minimum Gasteiger partial charge on any atom is -0.493 e. The average molecular weight is 257 g/mol. The van der Waals surface area contributed by atoms with Crippen LogP contribution in [-0.2, 0) is 13.0 Å². The zero-order valence-electron chi connectivity index (χ0n) is 10.8. The van der Waals surface area contributed by atoms with Gasteiger partial charge in [-0.15, -0.1) is 5.10 Å². The van der Waals surface area contributed by atoms with E-state index in [0.29, 0.717) is 24.4 Å². The van der Waals surface area contributed by atoms with E-state index in [0.717, 1.165) is 24.2 Å². The summed E-state index contributed by atoms with van der Waals surface area (Å²) in [6.45, 7) is 3.44. The first-order valence-electron chi connectivity index (χ1n) is 6.48. The van der Waals surface area contributed by atoms with Crippen LogP contribution in [0.5, 0.6) is 5.75 Å². The van der Waals surface area contributed by atoms with Crippen molar-refractivity contribution in [1.82, 2.24) is 15.0 Å². The molecule has 1 aromatic carbocycles. The van der Waals surface area contributed by atoms with Crippen molar-refractivity contribution >= 4 is 5.78 Å². The summed E-state index contributed by atoms with van der Waals surface area (Å²) < 4.78 is 7.10. The molecule has 2 aromatic rings. The van der Waals surface area contributed by atoms with Crippen molar-refractivity contribution in [2.75, 3.05) is 6.61 Å². The Balaban J connectivity index is 1.93. The molecule has 1 aliphatic heterocycles. The summed E-state index contributed by atoms with van der Waals surface area (Å²) in [6.07, 6.45) is 3.31. The first-order chi connectivity index (χ1) is 9.29. The molecular formula is C14H15N3O2. The van der Waals surface area contributed by atoms with Crippen molar-refractivity contribution < 1.29 is 9.53 Å². The van der Waals surface area contributed by atoms with Crippen LogP contribution in [0.1, 0.15) is 35.0 Å². The van der Waals surface area contributed by atoms with Gasteiger partial charge >= 0.3 is 0 Å². The minimum absolute atomic E-state index is 0.0341. The van der Waals surface area contributed by atoms with E-state index in [-0.39, 0.29) is 5.78 Å². The zero-order valence-corrected chi connectivity index (χ0v) is 10.8. The molecule has 0 atom stereocenters. The molecular weight excluding hydrogens is 242 g/mol. The molecule has 0 radical (unpaired) electrons. The Hall–Kier alpha value is -2.17. The smallest absolute Gasteiger partial charge is 0.212 e. The summed E-state index contributed by atoms with van der Waals surface area (Å²) >= 11 is 0. The maximum atomic E-state index is 12.5. The second-order valence-electron chi connectivity index (χ2n) is 4.59. The third-order valence-corrected chi connectivity index (χ3v) is 3.24. The molecule has 0 saturated heterocycles. The van der Waals surface area contributed by atoms with E-state index < -0.39 is 0 Å². The van der Waals surface area contributed by atoms with Crippen molar-refractivity contribution in [1.29, 1.82) is 0 Å². The number of fused-ring (bicyclic) bond motifs is 1. The fourth-order valence-electron chi connectivity index (χ4n) is 2.29. The minimum atomic E-state index is -0.0341. The number of hydrogen-bond acceptors (Lipinski definition) is 4. The standard InChI is InChI=1S/C14H15N3O2/c1-2-6-17-12(9-15-16-17)14(18)11-3-4-13-10(8-11)5-7-19-13/h3-4,8-9H,2,5-7H2,1H3. The van der Waals surface area contributed by atoms with Crippen LogP contribution in [0, 0.1) is 0 Å². The van der Waals surface area contributed by atoms with Crippen LogP contribution in [0.15, 0.2) is 24.4 Å². The number of aromatic nitrogens is 3. The fourth-order valence-corrected chi connectivity index (χ4v) is 2.29. The second kappa shape index (κ2) is 4.84. The monoisotopic (exact) mass is 257 g/mol. The summed E-state index contributed by atoms with van der Waals surface area (Å²) in [4.78, 5) is 12.5. The Morgan fingerprint density at radius 2 is 2.37 bits per heavy atom. The van der Waals surface area contributed by atoms with E-state index in [4.69, 9.17) is 4.74 Å². The molecule has 1 aliphatic rings. The molecule has 98 valence electrons.